The number of methoxy groups -OCH3 is 1. The largest absolute Gasteiger partial charge is 0.495 e. The molecule has 0 saturated carbocycles. The second kappa shape index (κ2) is 10.9. The second-order valence-corrected chi connectivity index (χ2v) is 6.36. The average molecular weight is 446 g/mol. The fraction of sp³-hybridized carbons (Fsp3) is 0.150. The summed E-state index contributed by atoms with van der Waals surface area (Å²) in [5.74, 6) is 0.187. The molecule has 2 aromatic carbocycles. The van der Waals surface area contributed by atoms with Crippen molar-refractivity contribution in [2.24, 2.45) is 5.10 Å². The van der Waals surface area contributed by atoms with Crippen molar-refractivity contribution in [2.45, 2.75) is 6.42 Å². The van der Waals surface area contributed by atoms with Gasteiger partial charge in [0.25, 0.3) is 0 Å². The normalized spacial score (nSPS) is 10.4. The van der Waals surface area contributed by atoms with Crippen LogP contribution >= 0.6 is 15.9 Å². The Labute approximate surface area is 171 Å². The first-order valence-corrected chi connectivity index (χ1v) is 9.10. The van der Waals surface area contributed by atoms with Gasteiger partial charge < -0.3 is 14.8 Å². The molecule has 0 unspecified atom stereocenters. The summed E-state index contributed by atoms with van der Waals surface area (Å²) in [6.07, 6.45) is 2.76. The van der Waals surface area contributed by atoms with Gasteiger partial charge in [-0.25, -0.2) is 5.43 Å². The lowest BCUT2D eigenvalue weighted by molar-refractivity contribution is -0.126. The Balaban J connectivity index is 1.85. The summed E-state index contributed by atoms with van der Waals surface area (Å²) in [4.78, 5) is 23.9. The molecule has 0 aliphatic heterocycles. The lowest BCUT2D eigenvalue weighted by atomic mass is 10.2. The van der Waals surface area contributed by atoms with Gasteiger partial charge in [0.15, 0.2) is 0 Å². The zero-order chi connectivity index (χ0) is 20.4. The molecule has 0 aromatic heterocycles. The molecule has 2 aromatic rings. The van der Waals surface area contributed by atoms with Gasteiger partial charge in [-0.05, 0) is 51.8 Å². The molecule has 0 aliphatic carbocycles. The van der Waals surface area contributed by atoms with E-state index in [1.54, 1.807) is 48.5 Å². The predicted octanol–water partition coefficient (Wildman–Crippen LogP) is 3.50. The minimum atomic E-state index is -0.534. The van der Waals surface area contributed by atoms with Crippen molar-refractivity contribution in [3.63, 3.8) is 0 Å². The van der Waals surface area contributed by atoms with Gasteiger partial charge in [0, 0.05) is 0 Å². The lowest BCUT2D eigenvalue weighted by Gasteiger charge is -2.09. The van der Waals surface area contributed by atoms with E-state index in [0.717, 1.165) is 10.0 Å². The molecule has 8 heteroatoms. The first kappa shape index (κ1) is 21.2. The molecule has 28 heavy (non-hydrogen) atoms. The summed E-state index contributed by atoms with van der Waals surface area (Å²) >= 11 is 3.40. The van der Waals surface area contributed by atoms with Gasteiger partial charge in [-0.2, -0.15) is 5.10 Å². The number of ether oxygens (including phenoxy) is 2. The van der Waals surface area contributed by atoms with Crippen LogP contribution in [0.4, 0.5) is 5.69 Å². The van der Waals surface area contributed by atoms with Crippen LogP contribution in [0, 0.1) is 0 Å². The van der Waals surface area contributed by atoms with Crippen molar-refractivity contribution in [1.82, 2.24) is 5.43 Å². The summed E-state index contributed by atoms with van der Waals surface area (Å²) in [7, 11) is 1.50. The first-order chi connectivity index (χ1) is 13.5. The van der Waals surface area contributed by atoms with E-state index in [9.17, 15) is 9.59 Å². The van der Waals surface area contributed by atoms with Crippen molar-refractivity contribution < 1.29 is 19.1 Å². The topological polar surface area (TPSA) is 89.0 Å². The summed E-state index contributed by atoms with van der Waals surface area (Å²) in [5.41, 5.74) is 3.57. The molecule has 146 valence electrons. The molecule has 0 radical (unpaired) electrons. The molecule has 2 amide bonds. The molecule has 2 N–H and O–H groups in total. The van der Waals surface area contributed by atoms with Crippen LogP contribution in [0.15, 0.2) is 64.7 Å². The van der Waals surface area contributed by atoms with Crippen molar-refractivity contribution in [1.29, 1.82) is 0 Å². The number of anilines is 1. The highest BCUT2D eigenvalue weighted by atomic mass is 79.9. The van der Waals surface area contributed by atoms with Crippen LogP contribution in [-0.4, -0.2) is 31.7 Å². The minimum absolute atomic E-state index is 0.368. The van der Waals surface area contributed by atoms with Crippen LogP contribution in [0.3, 0.4) is 0 Å². The summed E-state index contributed by atoms with van der Waals surface area (Å²) < 4.78 is 11.4. The number of carbonyl (C=O) groups is 2. The van der Waals surface area contributed by atoms with Gasteiger partial charge >= 0.3 is 0 Å². The van der Waals surface area contributed by atoms with E-state index in [1.807, 2.05) is 0 Å². The SMILES string of the molecule is C=CCOc1ccc(C=NNC(=O)CC(=O)Nc2ccccc2OC)cc1Br. The molecule has 0 atom stereocenters. The highest BCUT2D eigenvalue weighted by Crippen LogP contribution is 2.25. The van der Waals surface area contributed by atoms with Crippen molar-refractivity contribution in [3.8, 4) is 11.5 Å². The zero-order valence-electron chi connectivity index (χ0n) is 15.3. The van der Waals surface area contributed by atoms with Crippen molar-refractivity contribution >= 4 is 39.6 Å². The standard InChI is InChI=1S/C20H20BrN3O4/c1-3-10-28-17-9-8-14(11-15(17)21)13-22-24-20(26)12-19(25)23-16-6-4-5-7-18(16)27-2/h3-9,11,13H,1,10,12H2,2H3,(H,23,25)(H,24,26). The maximum Gasteiger partial charge on any atom is 0.249 e. The number of rotatable bonds is 9. The molecule has 0 aliphatic rings. The van der Waals surface area contributed by atoms with Crippen LogP contribution in [0.5, 0.6) is 11.5 Å². The fourth-order valence-electron chi connectivity index (χ4n) is 2.17. The van der Waals surface area contributed by atoms with Gasteiger partial charge in [0.1, 0.15) is 24.5 Å². The fourth-order valence-corrected chi connectivity index (χ4v) is 2.68. The third-order valence-corrected chi connectivity index (χ3v) is 4.04. The van der Waals surface area contributed by atoms with Gasteiger partial charge in [-0.15, -0.1) is 0 Å². The van der Waals surface area contributed by atoms with Crippen LogP contribution in [0.2, 0.25) is 0 Å². The number of halogens is 1. The number of hydrazone groups is 1. The Morgan fingerprint density at radius 1 is 1.18 bits per heavy atom. The minimum Gasteiger partial charge on any atom is -0.495 e. The number of hydrogen-bond acceptors (Lipinski definition) is 5. The summed E-state index contributed by atoms with van der Waals surface area (Å²) in [6.45, 7) is 4.00. The van der Waals surface area contributed by atoms with Crippen LogP contribution < -0.4 is 20.2 Å². The highest BCUT2D eigenvalue weighted by Gasteiger charge is 2.11. The molecule has 0 bridgehead atoms. The number of nitrogens with one attached hydrogen (secondary N) is 2. The van der Waals surface area contributed by atoms with Crippen LogP contribution in [0.1, 0.15) is 12.0 Å². The molecular weight excluding hydrogens is 426 g/mol. The number of para-hydroxylation sites is 2. The Hall–Kier alpha value is -3.13. The smallest absolute Gasteiger partial charge is 0.249 e. The summed E-state index contributed by atoms with van der Waals surface area (Å²) in [5, 5.41) is 6.49. The molecule has 0 fully saturated rings. The van der Waals surface area contributed by atoms with E-state index in [2.05, 4.69) is 38.4 Å². The summed E-state index contributed by atoms with van der Waals surface area (Å²) in [6, 6.07) is 12.3. The molecule has 0 heterocycles. The van der Waals surface area contributed by atoms with E-state index in [1.165, 1.54) is 13.3 Å². The molecule has 7 nitrogen and oxygen atoms in total. The monoisotopic (exact) mass is 445 g/mol. The number of hydrogen-bond donors (Lipinski definition) is 2. The maximum absolute atomic E-state index is 12.0. The lowest BCUT2D eigenvalue weighted by Crippen LogP contribution is -2.24. The zero-order valence-corrected chi connectivity index (χ0v) is 16.9. The quantitative estimate of drug-likeness (QED) is 0.267. The molecule has 0 spiro atoms. The predicted molar refractivity (Wildman–Crippen MR) is 112 cm³/mol. The molecule has 2 rings (SSSR count). The number of carbonyl (C=O) groups excluding carboxylic acids is 2. The Morgan fingerprint density at radius 2 is 1.96 bits per heavy atom. The third kappa shape index (κ3) is 6.55. The number of benzene rings is 2. The van der Waals surface area contributed by atoms with Crippen LogP contribution in [-0.2, 0) is 9.59 Å². The van der Waals surface area contributed by atoms with E-state index >= 15 is 0 Å². The maximum atomic E-state index is 12.0. The highest BCUT2D eigenvalue weighted by molar-refractivity contribution is 9.10. The van der Waals surface area contributed by atoms with Crippen molar-refractivity contribution in [2.75, 3.05) is 19.0 Å². The van der Waals surface area contributed by atoms with Gasteiger partial charge in [-0.1, -0.05) is 24.8 Å². The Morgan fingerprint density at radius 3 is 2.68 bits per heavy atom. The number of amides is 2. The first-order valence-electron chi connectivity index (χ1n) is 8.31. The Bertz CT molecular complexity index is 884. The van der Waals surface area contributed by atoms with Gasteiger partial charge in [-0.3, -0.25) is 9.59 Å². The second-order valence-electron chi connectivity index (χ2n) is 5.51. The average Bonchev–Trinajstić information content (AvgIpc) is 2.67. The third-order valence-electron chi connectivity index (χ3n) is 3.42. The van der Waals surface area contributed by atoms with E-state index in [4.69, 9.17) is 9.47 Å². The van der Waals surface area contributed by atoms with Gasteiger partial charge in [0.2, 0.25) is 11.8 Å². The number of nitrogens with zero attached hydrogens (tertiary/aromatic N) is 1. The van der Waals surface area contributed by atoms with Crippen LogP contribution in [0.25, 0.3) is 0 Å². The van der Waals surface area contributed by atoms with E-state index in [-0.39, 0.29) is 6.42 Å². The molecule has 0 saturated heterocycles. The van der Waals surface area contributed by atoms with E-state index < -0.39 is 11.8 Å². The van der Waals surface area contributed by atoms with E-state index in [0.29, 0.717) is 23.8 Å². The van der Waals surface area contributed by atoms with Gasteiger partial charge in [0.05, 0.1) is 23.5 Å². The molecular formula is C20H20BrN3O4. The van der Waals surface area contributed by atoms with Crippen molar-refractivity contribution in [3.05, 3.63) is 65.2 Å². The Kier molecular flexibility index (Phi) is 8.23.